The lowest BCUT2D eigenvalue weighted by atomic mass is 9.80. The maximum atomic E-state index is 13.4. The summed E-state index contributed by atoms with van der Waals surface area (Å²) < 4.78 is 10.2. The van der Waals surface area contributed by atoms with E-state index >= 15 is 0 Å². The van der Waals surface area contributed by atoms with Gasteiger partial charge in [-0.05, 0) is 43.5 Å². The molecular weight excluding hydrogens is 576 g/mol. The molecule has 182 valence electrons. The predicted octanol–water partition coefficient (Wildman–Crippen LogP) is 5.87. The monoisotopic (exact) mass is 598 g/mol. The maximum absolute atomic E-state index is 13.4. The molecule has 2 N–H and O–H groups in total. The Hall–Kier alpha value is -2.72. The normalized spacial score (nSPS) is 12.4. The number of halogens is 2. The number of unbranched alkanes of at least 4 members (excludes halogenated alkanes) is 1. The van der Waals surface area contributed by atoms with Crippen molar-refractivity contribution in [3.05, 3.63) is 59.7 Å². The van der Waals surface area contributed by atoms with Crippen LogP contribution in [0.15, 0.2) is 48.5 Å². The Morgan fingerprint density at radius 3 is 1.71 bits per heavy atom. The van der Waals surface area contributed by atoms with Crippen molar-refractivity contribution in [3.63, 3.8) is 0 Å². The first kappa shape index (κ1) is 27.5. The summed E-state index contributed by atoms with van der Waals surface area (Å²) in [7, 11) is 0. The van der Waals surface area contributed by atoms with Crippen LogP contribution in [-0.2, 0) is 9.59 Å². The van der Waals surface area contributed by atoms with Crippen LogP contribution in [0.4, 0.5) is 0 Å². The molecule has 8 nitrogen and oxygen atoms in total. The Morgan fingerprint density at radius 2 is 1.24 bits per heavy atom. The van der Waals surface area contributed by atoms with Crippen LogP contribution in [-0.4, -0.2) is 33.7 Å². The second kappa shape index (κ2) is 13.9. The molecule has 0 bridgehead atoms. The summed E-state index contributed by atoms with van der Waals surface area (Å²) in [6.07, 6.45) is 0.538. The van der Waals surface area contributed by atoms with Gasteiger partial charge in [0.15, 0.2) is 44.1 Å². The molecule has 0 saturated heterocycles. The van der Waals surface area contributed by atoms with E-state index in [9.17, 15) is 24.3 Å². The van der Waals surface area contributed by atoms with Gasteiger partial charge in [-0.25, -0.2) is 0 Å². The zero-order valence-corrected chi connectivity index (χ0v) is 21.3. The van der Waals surface area contributed by atoms with Gasteiger partial charge < -0.3 is 17.9 Å². The van der Waals surface area contributed by atoms with Crippen molar-refractivity contribution in [2.75, 3.05) is 0 Å². The highest BCUT2D eigenvalue weighted by Crippen LogP contribution is 2.32. The minimum absolute atomic E-state index is 0.0235. The van der Waals surface area contributed by atoms with E-state index in [-0.39, 0.29) is 35.5 Å². The molecule has 0 amide bonds. The van der Waals surface area contributed by atoms with Gasteiger partial charge in [-0.15, -0.1) is 0 Å². The number of Topliss-reactive ketones (excluding diaryl/α,β-unsaturated/α-hetero) is 2. The van der Waals surface area contributed by atoms with E-state index in [4.69, 9.17) is 12.8 Å². The average molecular weight is 600 g/mol. The van der Waals surface area contributed by atoms with Gasteiger partial charge in [0, 0.05) is 18.3 Å². The number of ketones is 2. The van der Waals surface area contributed by atoms with E-state index in [1.54, 1.807) is 42.5 Å². The van der Waals surface area contributed by atoms with Crippen LogP contribution >= 0.6 is 32.5 Å². The number of aliphatic carboxylic acids is 2. The van der Waals surface area contributed by atoms with E-state index in [0.29, 0.717) is 25.0 Å². The quantitative estimate of drug-likeness (QED) is 0.192. The third-order valence-electron chi connectivity index (χ3n) is 5.40. The summed E-state index contributed by atoms with van der Waals surface area (Å²) in [5.74, 6) is -4.05. The van der Waals surface area contributed by atoms with Gasteiger partial charge in [0.1, 0.15) is 11.5 Å². The lowest BCUT2D eigenvalue weighted by Crippen LogP contribution is -2.26. The van der Waals surface area contributed by atoms with E-state index in [1.165, 1.54) is 6.07 Å². The largest absolute Gasteiger partial charge is 0.481 e. The molecule has 2 aromatic rings. The van der Waals surface area contributed by atoms with Crippen molar-refractivity contribution in [1.29, 1.82) is 0 Å². The number of carboxylic acids is 2. The molecule has 0 heterocycles. The molecule has 0 aromatic heterocycles. The zero-order valence-electron chi connectivity index (χ0n) is 18.1. The highest BCUT2D eigenvalue weighted by atomic mass is 79.9. The number of benzene rings is 2. The molecule has 10 heteroatoms. The topological polar surface area (TPSA) is 127 Å². The Morgan fingerprint density at radius 1 is 0.735 bits per heavy atom. The van der Waals surface area contributed by atoms with Crippen molar-refractivity contribution in [1.82, 2.24) is 0 Å². The number of carboxylic acid groups (broad SMARTS) is 2. The number of carbonyl (C=O) groups is 4. The number of carbonyl (C=O) groups excluding carboxylic acids is 2. The van der Waals surface area contributed by atoms with Gasteiger partial charge in [0.2, 0.25) is 0 Å². The van der Waals surface area contributed by atoms with Crippen molar-refractivity contribution >= 4 is 56.0 Å². The standard InChI is InChI=1S/C24H24Br2O8/c25-33-19-10-4-2-8-17(19)23(31)15(7-1-6-12-21(27)28)13-16(14-22(29)30)24(32)18-9-3-5-11-20(18)34-26/h2-5,8-11,15-16H,1,6-7,12-14H2,(H,27,28)(H,29,30). The number of hydrogen-bond donors (Lipinski definition) is 2. The molecule has 2 atom stereocenters. The molecule has 0 aliphatic carbocycles. The van der Waals surface area contributed by atoms with Crippen molar-refractivity contribution < 1.29 is 37.0 Å². The van der Waals surface area contributed by atoms with Crippen molar-refractivity contribution in [2.24, 2.45) is 11.8 Å². The Kier molecular flexibility index (Phi) is 11.2. The first-order valence-electron chi connectivity index (χ1n) is 10.6. The molecular formula is C24H24Br2O8. The van der Waals surface area contributed by atoms with Crippen LogP contribution in [0.3, 0.4) is 0 Å². The molecule has 0 aliphatic rings. The Bertz CT molecular complexity index is 1020. The number of para-hydroxylation sites is 2. The predicted molar refractivity (Wildman–Crippen MR) is 131 cm³/mol. The van der Waals surface area contributed by atoms with E-state index in [1.807, 2.05) is 0 Å². The molecule has 0 fully saturated rings. The van der Waals surface area contributed by atoms with E-state index < -0.39 is 36.0 Å². The van der Waals surface area contributed by atoms with Gasteiger partial charge in [-0.3, -0.25) is 19.2 Å². The molecule has 0 saturated carbocycles. The fraction of sp³-hybridized carbons (Fsp3) is 0.333. The SMILES string of the molecule is O=C(O)CCCCC(CC(CC(=O)O)C(=O)c1ccccc1OBr)C(=O)c1ccccc1OBr. The third-order valence-corrected chi connectivity index (χ3v) is 6.09. The van der Waals surface area contributed by atoms with Crippen LogP contribution in [0, 0.1) is 11.8 Å². The van der Waals surface area contributed by atoms with Crippen molar-refractivity contribution in [3.8, 4) is 11.5 Å². The van der Waals surface area contributed by atoms with Crippen LogP contribution in [0.1, 0.15) is 59.2 Å². The molecule has 0 spiro atoms. The third kappa shape index (κ3) is 7.95. The maximum Gasteiger partial charge on any atom is 0.304 e. The minimum atomic E-state index is -1.17. The fourth-order valence-corrected chi connectivity index (χ4v) is 4.34. The van der Waals surface area contributed by atoms with Gasteiger partial charge in [0.05, 0.1) is 17.5 Å². The second-order valence-electron chi connectivity index (χ2n) is 7.74. The van der Waals surface area contributed by atoms with Gasteiger partial charge in [0.25, 0.3) is 0 Å². The summed E-state index contributed by atoms with van der Waals surface area (Å²) in [5, 5.41) is 18.4. The second-order valence-corrected chi connectivity index (χ2v) is 8.39. The average Bonchev–Trinajstić information content (AvgIpc) is 2.83. The van der Waals surface area contributed by atoms with Gasteiger partial charge >= 0.3 is 11.9 Å². The van der Waals surface area contributed by atoms with Gasteiger partial charge in [-0.1, -0.05) is 30.7 Å². The van der Waals surface area contributed by atoms with Crippen LogP contribution in [0.2, 0.25) is 0 Å². The summed E-state index contributed by atoms with van der Waals surface area (Å²) >= 11 is 5.75. The fourth-order valence-electron chi connectivity index (χ4n) is 3.78. The Balaban J connectivity index is 2.36. The van der Waals surface area contributed by atoms with E-state index in [2.05, 4.69) is 32.5 Å². The summed E-state index contributed by atoms with van der Waals surface area (Å²) in [4.78, 5) is 49.2. The zero-order chi connectivity index (χ0) is 25.1. The number of hydrogen-bond acceptors (Lipinski definition) is 6. The smallest absolute Gasteiger partial charge is 0.304 e. The molecule has 2 unspecified atom stereocenters. The summed E-state index contributed by atoms with van der Waals surface area (Å²) in [5.41, 5.74) is 0.486. The molecule has 0 aliphatic heterocycles. The van der Waals surface area contributed by atoms with Crippen molar-refractivity contribution in [2.45, 2.75) is 38.5 Å². The molecule has 2 rings (SSSR count). The van der Waals surface area contributed by atoms with E-state index in [0.717, 1.165) is 0 Å². The first-order valence-corrected chi connectivity index (χ1v) is 11.8. The minimum Gasteiger partial charge on any atom is -0.481 e. The summed E-state index contributed by atoms with van der Waals surface area (Å²) in [6, 6.07) is 13.0. The molecule has 2 aromatic carbocycles. The highest BCUT2D eigenvalue weighted by molar-refractivity contribution is 9.06. The van der Waals surface area contributed by atoms with Gasteiger partial charge in [-0.2, -0.15) is 0 Å². The van der Waals surface area contributed by atoms with Crippen LogP contribution < -0.4 is 7.66 Å². The molecule has 34 heavy (non-hydrogen) atoms. The first-order chi connectivity index (χ1) is 16.3. The summed E-state index contributed by atoms with van der Waals surface area (Å²) in [6.45, 7) is 0. The Labute approximate surface area is 214 Å². The number of rotatable bonds is 15. The highest BCUT2D eigenvalue weighted by Gasteiger charge is 2.32. The van der Waals surface area contributed by atoms with Crippen LogP contribution in [0.25, 0.3) is 0 Å². The van der Waals surface area contributed by atoms with Crippen LogP contribution in [0.5, 0.6) is 11.5 Å². The lowest BCUT2D eigenvalue weighted by molar-refractivity contribution is -0.138. The molecule has 0 radical (unpaired) electrons. The lowest BCUT2D eigenvalue weighted by Gasteiger charge is -2.22.